The molecule has 1 unspecified atom stereocenters. The molecule has 0 fully saturated rings. The van der Waals surface area contributed by atoms with E-state index in [0.717, 1.165) is 16.6 Å². The van der Waals surface area contributed by atoms with Gasteiger partial charge in [0.25, 0.3) is 5.56 Å². The zero-order valence-corrected chi connectivity index (χ0v) is 17.1. The normalized spacial score (nSPS) is 12.0. The highest BCUT2D eigenvalue weighted by Crippen LogP contribution is 2.31. The number of aliphatic hydroxyl groups is 1. The van der Waals surface area contributed by atoms with Gasteiger partial charge in [0, 0.05) is 41.8 Å². The Morgan fingerprint density at radius 2 is 2.00 bits per heavy atom. The van der Waals surface area contributed by atoms with Crippen LogP contribution >= 0.6 is 12.4 Å². The minimum absolute atomic E-state index is 0. The number of halogens is 1. The van der Waals surface area contributed by atoms with Gasteiger partial charge < -0.3 is 30.2 Å². The predicted octanol–water partition coefficient (Wildman–Crippen LogP) is 2.14. The second-order valence-corrected chi connectivity index (χ2v) is 6.92. The van der Waals surface area contributed by atoms with Crippen molar-refractivity contribution in [1.29, 1.82) is 0 Å². The van der Waals surface area contributed by atoms with E-state index in [1.807, 2.05) is 42.8 Å². The second kappa shape index (κ2) is 8.69. The Bertz CT molecular complexity index is 1120. The van der Waals surface area contributed by atoms with Crippen LogP contribution < -0.4 is 10.9 Å². The quantitative estimate of drug-likeness (QED) is 0.415. The van der Waals surface area contributed by atoms with Crippen molar-refractivity contribution in [2.45, 2.75) is 26.4 Å². The number of hydrogen-bond donors (Lipinski definition) is 5. The van der Waals surface area contributed by atoms with Gasteiger partial charge in [-0.05, 0) is 37.6 Å². The molecule has 2 heterocycles. The maximum absolute atomic E-state index is 12.1. The summed E-state index contributed by atoms with van der Waals surface area (Å²) in [5, 5.41) is 32.6. The topological polar surface area (TPSA) is 128 Å². The third kappa shape index (κ3) is 4.14. The first-order valence-electron chi connectivity index (χ1n) is 8.86. The largest absolute Gasteiger partial charge is 0.506 e. The summed E-state index contributed by atoms with van der Waals surface area (Å²) in [5.41, 5.74) is 1.86. The number of benzene rings is 1. The fourth-order valence-corrected chi connectivity index (χ4v) is 3.25. The highest BCUT2D eigenvalue weighted by Gasteiger charge is 2.20. The Kier molecular flexibility index (Phi) is 6.73. The number of hydrogen-bond acceptors (Lipinski definition) is 5. The highest BCUT2D eigenvalue weighted by molar-refractivity contribution is 5.92. The summed E-state index contributed by atoms with van der Waals surface area (Å²) in [7, 11) is 1.95. The molecule has 0 aliphatic carbocycles. The van der Waals surface area contributed by atoms with Crippen molar-refractivity contribution in [2.24, 2.45) is 7.05 Å². The van der Waals surface area contributed by atoms with E-state index in [1.165, 1.54) is 0 Å². The lowest BCUT2D eigenvalue weighted by molar-refractivity contribution is 0.0691. The molecular weight excluding hydrogens is 398 g/mol. The molecule has 1 aromatic carbocycles. The fraction of sp³-hybridized carbons (Fsp3) is 0.300. The van der Waals surface area contributed by atoms with Gasteiger partial charge in [0.1, 0.15) is 5.75 Å². The number of rotatable bonds is 6. The molecule has 0 spiro atoms. The van der Waals surface area contributed by atoms with E-state index in [1.54, 1.807) is 6.92 Å². The Morgan fingerprint density at radius 1 is 1.31 bits per heavy atom. The van der Waals surface area contributed by atoms with Crippen molar-refractivity contribution in [2.75, 3.05) is 6.61 Å². The first-order valence-corrected chi connectivity index (χ1v) is 8.86. The number of nitrogens with zero attached hydrogens (tertiary/aromatic N) is 1. The first kappa shape index (κ1) is 22.5. The van der Waals surface area contributed by atoms with Crippen LogP contribution in [0.3, 0.4) is 0 Å². The third-order valence-corrected chi connectivity index (χ3v) is 4.98. The summed E-state index contributed by atoms with van der Waals surface area (Å²) in [6.07, 6.45) is 0. The molecule has 8 nitrogen and oxygen atoms in total. The van der Waals surface area contributed by atoms with E-state index < -0.39 is 22.8 Å². The molecule has 1 atom stereocenters. The summed E-state index contributed by atoms with van der Waals surface area (Å²) in [5.74, 6) is -2.00. The molecule has 0 radical (unpaired) electrons. The molecule has 0 saturated carbocycles. The van der Waals surface area contributed by atoms with Crippen LogP contribution in [-0.2, 0) is 13.6 Å². The standard InChI is InChI=1S/C20H23N3O5.ClH/c1-10(9-24)21-8-14-7-13-6-12(4-5-15(13)23(14)3)17-11(2)18(25)16(20(27)28)19(26)22-17;/h4-7,10,21,24H,8-9H2,1-3H3,(H,27,28)(H2,22,25,26);1H. The number of aromatic nitrogens is 2. The van der Waals surface area contributed by atoms with Crippen molar-refractivity contribution < 1.29 is 20.1 Å². The number of fused-ring (bicyclic) bond motifs is 1. The van der Waals surface area contributed by atoms with E-state index in [4.69, 9.17) is 10.2 Å². The number of nitrogens with one attached hydrogen (secondary N) is 2. The average molecular weight is 422 g/mol. The number of aromatic carboxylic acids is 1. The molecule has 0 aliphatic heterocycles. The molecule has 0 bridgehead atoms. The van der Waals surface area contributed by atoms with Crippen molar-refractivity contribution in [3.05, 3.63) is 51.4 Å². The van der Waals surface area contributed by atoms with Crippen LogP contribution in [0.15, 0.2) is 29.1 Å². The first-order chi connectivity index (χ1) is 13.2. The number of aromatic hydroxyl groups is 1. The summed E-state index contributed by atoms with van der Waals surface area (Å²) in [6, 6.07) is 7.59. The summed E-state index contributed by atoms with van der Waals surface area (Å²) in [6.45, 7) is 4.10. The lowest BCUT2D eigenvalue weighted by Gasteiger charge is -2.11. The number of carbonyl (C=O) groups is 1. The van der Waals surface area contributed by atoms with Crippen LogP contribution in [0.4, 0.5) is 0 Å². The maximum atomic E-state index is 12.1. The number of aliphatic hydroxyl groups excluding tert-OH is 1. The highest BCUT2D eigenvalue weighted by atomic mass is 35.5. The molecule has 156 valence electrons. The Labute approximate surface area is 173 Å². The molecule has 0 saturated heterocycles. The molecule has 5 N–H and O–H groups in total. The van der Waals surface area contributed by atoms with Crippen molar-refractivity contribution in [1.82, 2.24) is 14.9 Å². The minimum atomic E-state index is -1.47. The van der Waals surface area contributed by atoms with Crippen molar-refractivity contribution in [3.63, 3.8) is 0 Å². The van der Waals surface area contributed by atoms with Crippen LogP contribution in [0.2, 0.25) is 0 Å². The lowest BCUT2D eigenvalue weighted by atomic mass is 10.0. The van der Waals surface area contributed by atoms with Gasteiger partial charge in [0.2, 0.25) is 0 Å². The number of pyridine rings is 1. The van der Waals surface area contributed by atoms with Gasteiger partial charge in [-0.1, -0.05) is 6.07 Å². The van der Waals surface area contributed by atoms with Gasteiger partial charge in [-0.15, -0.1) is 12.4 Å². The zero-order chi connectivity index (χ0) is 20.6. The van der Waals surface area contributed by atoms with E-state index in [0.29, 0.717) is 23.4 Å². The van der Waals surface area contributed by atoms with E-state index >= 15 is 0 Å². The third-order valence-electron chi connectivity index (χ3n) is 4.98. The van der Waals surface area contributed by atoms with Gasteiger partial charge in [0.05, 0.1) is 12.3 Å². The van der Waals surface area contributed by atoms with Gasteiger partial charge in [0.15, 0.2) is 5.56 Å². The van der Waals surface area contributed by atoms with Crippen LogP contribution in [0.25, 0.3) is 22.2 Å². The van der Waals surface area contributed by atoms with Crippen LogP contribution in [0.1, 0.15) is 28.5 Å². The average Bonchev–Trinajstić information content (AvgIpc) is 2.97. The summed E-state index contributed by atoms with van der Waals surface area (Å²) < 4.78 is 2.04. The van der Waals surface area contributed by atoms with Gasteiger partial charge >= 0.3 is 5.97 Å². The summed E-state index contributed by atoms with van der Waals surface area (Å²) >= 11 is 0. The molecule has 9 heteroatoms. The van der Waals surface area contributed by atoms with Crippen LogP contribution in [-0.4, -0.2) is 43.5 Å². The van der Waals surface area contributed by atoms with Crippen LogP contribution in [0.5, 0.6) is 5.75 Å². The number of aryl methyl sites for hydroxylation is 1. The Morgan fingerprint density at radius 3 is 2.62 bits per heavy atom. The predicted molar refractivity (Wildman–Crippen MR) is 113 cm³/mol. The fourth-order valence-electron chi connectivity index (χ4n) is 3.25. The molecular formula is C20H24ClN3O5. The van der Waals surface area contributed by atoms with E-state index in [-0.39, 0.29) is 25.1 Å². The molecule has 3 rings (SSSR count). The lowest BCUT2D eigenvalue weighted by Crippen LogP contribution is -2.29. The van der Waals surface area contributed by atoms with Gasteiger partial charge in [-0.3, -0.25) is 4.79 Å². The van der Waals surface area contributed by atoms with Crippen LogP contribution in [0, 0.1) is 6.92 Å². The monoisotopic (exact) mass is 421 g/mol. The maximum Gasteiger partial charge on any atom is 0.345 e. The smallest absolute Gasteiger partial charge is 0.345 e. The Hall–Kier alpha value is -2.81. The van der Waals surface area contributed by atoms with Gasteiger partial charge in [-0.25, -0.2) is 4.79 Å². The number of aromatic amines is 1. The van der Waals surface area contributed by atoms with E-state index in [2.05, 4.69) is 10.3 Å². The SMILES string of the molecule is Cc1c(-c2ccc3c(c2)cc(CNC(C)CO)n3C)[nH]c(=O)c(C(=O)O)c1O.Cl. The number of carboxylic acids is 1. The second-order valence-electron chi connectivity index (χ2n) is 6.92. The van der Waals surface area contributed by atoms with E-state index in [9.17, 15) is 14.7 Å². The molecule has 2 aromatic heterocycles. The number of carboxylic acid groups (broad SMARTS) is 1. The molecule has 0 aliphatic rings. The molecule has 3 aromatic rings. The minimum Gasteiger partial charge on any atom is -0.506 e. The molecule has 29 heavy (non-hydrogen) atoms. The molecule has 0 amide bonds. The number of H-pyrrole nitrogens is 1. The van der Waals surface area contributed by atoms with Crippen molar-refractivity contribution >= 4 is 29.3 Å². The summed E-state index contributed by atoms with van der Waals surface area (Å²) in [4.78, 5) is 25.9. The Balaban J connectivity index is 0.00000300. The van der Waals surface area contributed by atoms with Crippen molar-refractivity contribution in [3.8, 4) is 17.0 Å². The van der Waals surface area contributed by atoms with Gasteiger partial charge in [-0.2, -0.15) is 0 Å². The zero-order valence-electron chi connectivity index (χ0n) is 16.3.